The van der Waals surface area contributed by atoms with Crippen LogP contribution in [0.1, 0.15) is 33.6 Å². The van der Waals surface area contributed by atoms with Crippen molar-refractivity contribution in [2.24, 2.45) is 5.73 Å². The molecule has 1 aliphatic rings. The van der Waals surface area contributed by atoms with Crippen LogP contribution in [0.5, 0.6) is 0 Å². The van der Waals surface area contributed by atoms with Gasteiger partial charge in [0.15, 0.2) is 0 Å². The summed E-state index contributed by atoms with van der Waals surface area (Å²) in [5.41, 5.74) is 14.4. The smallest absolute Gasteiger partial charge is 0.336 e. The van der Waals surface area contributed by atoms with Crippen molar-refractivity contribution in [2.75, 3.05) is 18.2 Å². The maximum atomic E-state index is 12.4. The number of anilines is 2. The molecule has 1 unspecified atom stereocenters. The van der Waals surface area contributed by atoms with E-state index in [1.54, 1.807) is 25.4 Å². The maximum absolute atomic E-state index is 12.4. The topological polar surface area (TPSA) is 120 Å². The number of rotatable bonds is 3. The first-order chi connectivity index (χ1) is 11.5. The van der Waals surface area contributed by atoms with Gasteiger partial charge in [0, 0.05) is 29.6 Å². The van der Waals surface area contributed by atoms with Gasteiger partial charge in [-0.3, -0.25) is 9.78 Å². The number of allylic oxidation sites excluding steroid dienone is 1. The minimum Gasteiger partial charge on any atom is -0.466 e. The molecule has 7 nitrogen and oxygen atoms in total. The van der Waals surface area contributed by atoms with Gasteiger partial charge in [-0.15, -0.1) is 11.3 Å². The number of thiophene rings is 1. The summed E-state index contributed by atoms with van der Waals surface area (Å²) >= 11 is 1.18. The van der Waals surface area contributed by atoms with E-state index in [0.717, 1.165) is 5.56 Å². The molecule has 1 aliphatic heterocycles. The Morgan fingerprint density at radius 2 is 2.17 bits per heavy atom. The first kappa shape index (κ1) is 16.0. The molecule has 2 aromatic heterocycles. The summed E-state index contributed by atoms with van der Waals surface area (Å²) in [7, 11) is 1.32. The van der Waals surface area contributed by atoms with Gasteiger partial charge in [-0.25, -0.2) is 4.79 Å². The number of hydrogen-bond donors (Lipinski definition) is 3. The fraction of sp³-hybridized carbons (Fsp3) is 0.188. The van der Waals surface area contributed by atoms with Gasteiger partial charge in [0.25, 0.3) is 5.91 Å². The second-order valence-corrected chi connectivity index (χ2v) is 6.35. The zero-order valence-electron chi connectivity index (χ0n) is 13.1. The van der Waals surface area contributed by atoms with Crippen LogP contribution in [-0.4, -0.2) is 24.0 Å². The van der Waals surface area contributed by atoms with Crippen molar-refractivity contribution < 1.29 is 14.3 Å². The van der Waals surface area contributed by atoms with Crippen LogP contribution in [0.4, 0.5) is 10.7 Å². The standard InChI is InChI=1S/C16H16N4O3S/c1-7-9(16(22)23-2)10(8-4-3-5-19-6-8)11-12(17)13(14(18)21)24-15(11)20-7/h3-6,10,20H,17H2,1-2H3,(H2,18,21). The molecule has 0 aliphatic carbocycles. The van der Waals surface area contributed by atoms with E-state index < -0.39 is 17.8 Å². The number of primary amides is 1. The second-order valence-electron chi connectivity index (χ2n) is 5.33. The molecule has 8 heteroatoms. The van der Waals surface area contributed by atoms with Gasteiger partial charge >= 0.3 is 5.97 Å². The summed E-state index contributed by atoms with van der Waals surface area (Å²) in [5.74, 6) is -1.55. The lowest BCUT2D eigenvalue weighted by molar-refractivity contribution is -0.136. The molecule has 0 fully saturated rings. The summed E-state index contributed by atoms with van der Waals surface area (Å²) < 4.78 is 4.93. The van der Waals surface area contributed by atoms with Crippen molar-refractivity contribution in [1.29, 1.82) is 0 Å². The van der Waals surface area contributed by atoms with Crippen LogP contribution >= 0.6 is 11.3 Å². The number of fused-ring (bicyclic) bond motifs is 1. The lowest BCUT2D eigenvalue weighted by Gasteiger charge is -2.27. The quantitative estimate of drug-likeness (QED) is 0.731. The van der Waals surface area contributed by atoms with Crippen LogP contribution in [-0.2, 0) is 9.53 Å². The number of nitrogens with one attached hydrogen (secondary N) is 1. The number of carbonyl (C=O) groups is 2. The van der Waals surface area contributed by atoms with Crippen molar-refractivity contribution >= 4 is 33.9 Å². The Kier molecular flexibility index (Phi) is 3.98. The molecule has 0 saturated carbocycles. The Labute approximate surface area is 142 Å². The molecule has 0 aromatic carbocycles. The Balaban J connectivity index is 2.28. The fourth-order valence-corrected chi connectivity index (χ4v) is 3.95. The molecule has 0 bridgehead atoms. The van der Waals surface area contributed by atoms with Gasteiger partial charge in [0.05, 0.1) is 23.4 Å². The largest absolute Gasteiger partial charge is 0.466 e. The Morgan fingerprint density at radius 3 is 2.75 bits per heavy atom. The van der Waals surface area contributed by atoms with Crippen LogP contribution in [0.3, 0.4) is 0 Å². The number of nitrogen functional groups attached to an aromatic ring is 1. The number of ether oxygens (including phenoxy) is 1. The zero-order chi connectivity index (χ0) is 17.4. The summed E-state index contributed by atoms with van der Waals surface area (Å²) in [6, 6.07) is 3.63. The SMILES string of the molecule is COC(=O)C1=C(C)Nc2sc(C(N)=O)c(N)c2C1c1cccnc1. The molecule has 1 atom stereocenters. The summed E-state index contributed by atoms with van der Waals surface area (Å²) in [5, 5.41) is 3.82. The van der Waals surface area contributed by atoms with E-state index in [-0.39, 0.29) is 10.6 Å². The monoisotopic (exact) mass is 344 g/mol. The Hall–Kier alpha value is -2.87. The van der Waals surface area contributed by atoms with Gasteiger partial charge < -0.3 is 21.5 Å². The van der Waals surface area contributed by atoms with E-state index in [0.29, 0.717) is 21.8 Å². The van der Waals surface area contributed by atoms with E-state index in [1.807, 2.05) is 6.07 Å². The number of aromatic nitrogens is 1. The van der Waals surface area contributed by atoms with Crippen LogP contribution in [0.2, 0.25) is 0 Å². The molecule has 124 valence electrons. The number of methoxy groups -OCH3 is 1. The minimum absolute atomic E-state index is 0.264. The van der Waals surface area contributed by atoms with E-state index >= 15 is 0 Å². The first-order valence-corrected chi connectivity index (χ1v) is 7.95. The van der Waals surface area contributed by atoms with Crippen LogP contribution in [0.25, 0.3) is 0 Å². The molecule has 3 rings (SSSR count). The van der Waals surface area contributed by atoms with Crippen molar-refractivity contribution in [3.05, 3.63) is 51.8 Å². The van der Waals surface area contributed by atoms with Crippen LogP contribution < -0.4 is 16.8 Å². The third-order valence-electron chi connectivity index (χ3n) is 3.91. The van der Waals surface area contributed by atoms with E-state index in [2.05, 4.69) is 10.3 Å². The lowest BCUT2D eigenvalue weighted by Crippen LogP contribution is -2.23. The molecule has 24 heavy (non-hydrogen) atoms. The number of carbonyl (C=O) groups excluding carboxylic acids is 2. The lowest BCUT2D eigenvalue weighted by atomic mass is 9.82. The molecule has 0 spiro atoms. The van der Waals surface area contributed by atoms with Crippen molar-refractivity contribution in [3.63, 3.8) is 0 Å². The number of hydrogen-bond acceptors (Lipinski definition) is 7. The van der Waals surface area contributed by atoms with Gasteiger partial charge in [-0.05, 0) is 18.6 Å². The molecule has 0 radical (unpaired) electrons. The number of esters is 1. The minimum atomic E-state index is -0.601. The van der Waals surface area contributed by atoms with Crippen molar-refractivity contribution in [1.82, 2.24) is 4.98 Å². The van der Waals surface area contributed by atoms with Gasteiger partial charge in [-0.2, -0.15) is 0 Å². The molecule has 1 amide bonds. The van der Waals surface area contributed by atoms with Crippen LogP contribution in [0, 0.1) is 0 Å². The molecular weight excluding hydrogens is 328 g/mol. The molecule has 5 N–H and O–H groups in total. The third kappa shape index (κ3) is 2.41. The summed E-state index contributed by atoms with van der Waals surface area (Å²) in [6.45, 7) is 1.78. The molecular formula is C16H16N4O3S. The number of amides is 1. The highest BCUT2D eigenvalue weighted by Crippen LogP contribution is 2.49. The number of nitrogens with zero attached hydrogens (tertiary/aromatic N) is 1. The van der Waals surface area contributed by atoms with E-state index in [9.17, 15) is 9.59 Å². The van der Waals surface area contributed by atoms with Gasteiger partial charge in [-0.1, -0.05) is 6.07 Å². The van der Waals surface area contributed by atoms with E-state index in [1.165, 1.54) is 18.4 Å². The normalized spacial score (nSPS) is 16.3. The number of pyridine rings is 1. The molecule has 3 heterocycles. The highest BCUT2D eigenvalue weighted by atomic mass is 32.1. The molecule has 2 aromatic rings. The van der Waals surface area contributed by atoms with Crippen molar-refractivity contribution in [2.45, 2.75) is 12.8 Å². The van der Waals surface area contributed by atoms with Gasteiger partial charge in [0.2, 0.25) is 0 Å². The average Bonchev–Trinajstić information content (AvgIpc) is 2.90. The Morgan fingerprint density at radius 1 is 1.42 bits per heavy atom. The zero-order valence-corrected chi connectivity index (χ0v) is 13.9. The Bertz CT molecular complexity index is 858. The second kappa shape index (κ2) is 5.97. The predicted octanol–water partition coefficient (Wildman–Crippen LogP) is 1.83. The third-order valence-corrected chi connectivity index (χ3v) is 5.06. The van der Waals surface area contributed by atoms with Gasteiger partial charge in [0.1, 0.15) is 4.88 Å². The van der Waals surface area contributed by atoms with Crippen molar-refractivity contribution in [3.8, 4) is 0 Å². The maximum Gasteiger partial charge on any atom is 0.336 e. The summed E-state index contributed by atoms with van der Waals surface area (Å²) in [6.07, 6.45) is 3.31. The average molecular weight is 344 g/mol. The van der Waals surface area contributed by atoms with Crippen LogP contribution in [0.15, 0.2) is 35.8 Å². The fourth-order valence-electron chi connectivity index (χ4n) is 2.88. The highest BCUT2D eigenvalue weighted by Gasteiger charge is 2.37. The number of nitrogens with two attached hydrogens (primary N) is 2. The molecule has 0 saturated heterocycles. The highest BCUT2D eigenvalue weighted by molar-refractivity contribution is 7.18. The van der Waals surface area contributed by atoms with E-state index in [4.69, 9.17) is 16.2 Å². The summed E-state index contributed by atoms with van der Waals surface area (Å²) in [4.78, 5) is 28.4. The first-order valence-electron chi connectivity index (χ1n) is 7.13. The predicted molar refractivity (Wildman–Crippen MR) is 91.7 cm³/mol.